The summed E-state index contributed by atoms with van der Waals surface area (Å²) >= 11 is 5.90. The lowest BCUT2D eigenvalue weighted by molar-refractivity contribution is -0.0749. The van der Waals surface area contributed by atoms with E-state index in [-0.39, 0.29) is 11.7 Å². The van der Waals surface area contributed by atoms with E-state index in [2.05, 4.69) is 30.7 Å². The fraction of sp³-hybridized carbons (Fsp3) is 0.583. The molecule has 0 saturated carbocycles. The average molecular weight is 241 g/mol. The molecule has 3 nitrogen and oxygen atoms in total. The summed E-state index contributed by atoms with van der Waals surface area (Å²) < 4.78 is 5.87. The van der Waals surface area contributed by atoms with Crippen molar-refractivity contribution in [2.75, 3.05) is 18.0 Å². The van der Waals surface area contributed by atoms with Gasteiger partial charge in [0.1, 0.15) is 5.15 Å². The molecule has 1 atom stereocenters. The largest absolute Gasteiger partial charge is 0.369 e. The zero-order valence-corrected chi connectivity index (χ0v) is 10.7. The quantitative estimate of drug-likeness (QED) is 0.706. The molecule has 88 valence electrons. The van der Waals surface area contributed by atoms with Gasteiger partial charge in [0.25, 0.3) is 0 Å². The highest BCUT2D eigenvalue weighted by Gasteiger charge is 2.31. The standard InChI is InChI=1S/C12H17ClN2O/c1-9-7-15(8-12(2,3)16-9)10-4-5-14-11(13)6-10/h4-6,9H,7-8H2,1-3H3. The summed E-state index contributed by atoms with van der Waals surface area (Å²) in [4.78, 5) is 6.29. The second-order valence-corrected chi connectivity index (χ2v) is 5.29. The van der Waals surface area contributed by atoms with E-state index in [4.69, 9.17) is 16.3 Å². The maximum absolute atomic E-state index is 5.90. The van der Waals surface area contributed by atoms with Crippen molar-refractivity contribution < 1.29 is 4.74 Å². The number of pyridine rings is 1. The molecule has 1 aliphatic heterocycles. The molecule has 0 radical (unpaired) electrons. The Hall–Kier alpha value is -0.800. The van der Waals surface area contributed by atoms with Gasteiger partial charge in [-0.15, -0.1) is 0 Å². The number of nitrogens with zero attached hydrogens (tertiary/aromatic N) is 2. The monoisotopic (exact) mass is 240 g/mol. The van der Waals surface area contributed by atoms with Crippen molar-refractivity contribution in [2.45, 2.75) is 32.5 Å². The highest BCUT2D eigenvalue weighted by Crippen LogP contribution is 2.26. The fourth-order valence-electron chi connectivity index (χ4n) is 2.24. The molecule has 0 bridgehead atoms. The average Bonchev–Trinajstić information content (AvgIpc) is 2.14. The third kappa shape index (κ3) is 2.66. The van der Waals surface area contributed by atoms with Crippen LogP contribution in [-0.4, -0.2) is 29.8 Å². The molecule has 2 heterocycles. The summed E-state index contributed by atoms with van der Waals surface area (Å²) in [7, 11) is 0. The summed E-state index contributed by atoms with van der Waals surface area (Å²) in [5.74, 6) is 0. The Kier molecular flexibility index (Phi) is 3.08. The predicted molar refractivity (Wildman–Crippen MR) is 66.1 cm³/mol. The van der Waals surface area contributed by atoms with E-state index in [1.54, 1.807) is 6.20 Å². The molecule has 4 heteroatoms. The Labute approximate surface area is 101 Å². The Morgan fingerprint density at radius 2 is 2.31 bits per heavy atom. The van der Waals surface area contributed by atoms with Crippen LogP contribution in [0.5, 0.6) is 0 Å². The van der Waals surface area contributed by atoms with Crippen LogP contribution in [0.15, 0.2) is 18.3 Å². The number of morpholine rings is 1. The van der Waals surface area contributed by atoms with Crippen LogP contribution >= 0.6 is 11.6 Å². The topological polar surface area (TPSA) is 25.4 Å². The minimum atomic E-state index is -0.118. The van der Waals surface area contributed by atoms with Crippen LogP contribution in [0.2, 0.25) is 5.15 Å². The summed E-state index contributed by atoms with van der Waals surface area (Å²) in [6.07, 6.45) is 1.97. The van der Waals surface area contributed by atoms with Crippen molar-refractivity contribution in [1.29, 1.82) is 0 Å². The lowest BCUT2D eigenvalue weighted by Crippen LogP contribution is -2.52. The van der Waals surface area contributed by atoms with Crippen LogP contribution in [0.25, 0.3) is 0 Å². The zero-order valence-electron chi connectivity index (χ0n) is 9.90. The van der Waals surface area contributed by atoms with E-state index in [0.29, 0.717) is 5.15 Å². The molecule has 1 aromatic rings. The van der Waals surface area contributed by atoms with E-state index in [9.17, 15) is 0 Å². The van der Waals surface area contributed by atoms with Crippen LogP contribution in [0.3, 0.4) is 0 Å². The summed E-state index contributed by atoms with van der Waals surface area (Å²) in [5.41, 5.74) is 0.996. The van der Waals surface area contributed by atoms with Gasteiger partial charge in [-0.05, 0) is 32.9 Å². The first-order valence-corrected chi connectivity index (χ1v) is 5.88. The van der Waals surface area contributed by atoms with Gasteiger partial charge in [0, 0.05) is 25.0 Å². The molecule has 0 aromatic carbocycles. The third-order valence-electron chi connectivity index (χ3n) is 2.64. The van der Waals surface area contributed by atoms with Gasteiger partial charge in [-0.1, -0.05) is 11.6 Å². The van der Waals surface area contributed by atoms with Gasteiger partial charge in [0.15, 0.2) is 0 Å². The van der Waals surface area contributed by atoms with Crippen LogP contribution in [0.1, 0.15) is 20.8 Å². The third-order valence-corrected chi connectivity index (χ3v) is 2.85. The maximum atomic E-state index is 5.90. The molecule has 2 rings (SSSR count). The van der Waals surface area contributed by atoms with E-state index in [1.807, 2.05) is 12.1 Å². The Balaban J connectivity index is 2.21. The maximum Gasteiger partial charge on any atom is 0.131 e. The van der Waals surface area contributed by atoms with Gasteiger partial charge >= 0.3 is 0 Å². The number of anilines is 1. The second-order valence-electron chi connectivity index (χ2n) is 4.91. The molecular weight excluding hydrogens is 224 g/mol. The minimum Gasteiger partial charge on any atom is -0.369 e. The van der Waals surface area contributed by atoms with Crippen LogP contribution in [0, 0.1) is 0 Å². The lowest BCUT2D eigenvalue weighted by Gasteiger charge is -2.42. The van der Waals surface area contributed by atoms with E-state index in [0.717, 1.165) is 18.8 Å². The Morgan fingerprint density at radius 1 is 1.56 bits per heavy atom. The SMILES string of the molecule is CC1CN(c2ccnc(Cl)c2)CC(C)(C)O1. The molecule has 1 saturated heterocycles. The lowest BCUT2D eigenvalue weighted by atomic mass is 10.1. The molecule has 1 aliphatic rings. The van der Waals surface area contributed by atoms with Crippen LogP contribution < -0.4 is 4.90 Å². The predicted octanol–water partition coefficient (Wildman–Crippen LogP) is 2.74. The molecule has 0 amide bonds. The second kappa shape index (κ2) is 4.22. The molecular formula is C12H17ClN2O. The smallest absolute Gasteiger partial charge is 0.131 e. The molecule has 16 heavy (non-hydrogen) atoms. The summed E-state index contributed by atoms with van der Waals surface area (Å²) in [6, 6.07) is 3.88. The van der Waals surface area contributed by atoms with Crippen molar-refractivity contribution in [3.8, 4) is 0 Å². The van der Waals surface area contributed by atoms with Crippen molar-refractivity contribution >= 4 is 17.3 Å². The highest BCUT2D eigenvalue weighted by atomic mass is 35.5. The van der Waals surface area contributed by atoms with Crippen molar-refractivity contribution in [3.63, 3.8) is 0 Å². The minimum absolute atomic E-state index is 0.118. The number of hydrogen-bond donors (Lipinski definition) is 0. The van der Waals surface area contributed by atoms with E-state index in [1.165, 1.54) is 0 Å². The van der Waals surface area contributed by atoms with Crippen molar-refractivity contribution in [1.82, 2.24) is 4.98 Å². The molecule has 0 N–H and O–H groups in total. The van der Waals surface area contributed by atoms with E-state index < -0.39 is 0 Å². The molecule has 1 unspecified atom stereocenters. The fourth-order valence-corrected chi connectivity index (χ4v) is 2.41. The first-order valence-electron chi connectivity index (χ1n) is 5.51. The number of halogens is 1. The zero-order chi connectivity index (χ0) is 11.8. The summed E-state index contributed by atoms with van der Waals surface area (Å²) in [6.45, 7) is 8.08. The van der Waals surface area contributed by atoms with Gasteiger partial charge in [0.2, 0.25) is 0 Å². The van der Waals surface area contributed by atoms with Gasteiger partial charge in [0.05, 0.1) is 11.7 Å². The van der Waals surface area contributed by atoms with Crippen LogP contribution in [-0.2, 0) is 4.74 Å². The molecule has 1 fully saturated rings. The van der Waals surface area contributed by atoms with E-state index >= 15 is 0 Å². The molecule has 0 aliphatic carbocycles. The van der Waals surface area contributed by atoms with Gasteiger partial charge in [-0.25, -0.2) is 4.98 Å². The first-order chi connectivity index (χ1) is 7.46. The normalized spacial score (nSPS) is 24.5. The molecule has 1 aromatic heterocycles. The summed E-state index contributed by atoms with van der Waals surface area (Å²) in [5, 5.41) is 0.537. The number of aromatic nitrogens is 1. The Morgan fingerprint density at radius 3 is 2.94 bits per heavy atom. The number of hydrogen-bond acceptors (Lipinski definition) is 3. The first kappa shape index (κ1) is 11.7. The number of ether oxygens (including phenoxy) is 1. The van der Waals surface area contributed by atoms with Gasteiger partial charge in [-0.2, -0.15) is 0 Å². The van der Waals surface area contributed by atoms with Crippen molar-refractivity contribution in [3.05, 3.63) is 23.5 Å². The van der Waals surface area contributed by atoms with Crippen LogP contribution in [0.4, 0.5) is 5.69 Å². The Bertz CT molecular complexity index is 381. The highest BCUT2D eigenvalue weighted by molar-refractivity contribution is 6.29. The van der Waals surface area contributed by atoms with Crippen molar-refractivity contribution in [2.24, 2.45) is 0 Å². The number of rotatable bonds is 1. The van der Waals surface area contributed by atoms with Gasteiger partial charge in [-0.3, -0.25) is 0 Å². The van der Waals surface area contributed by atoms with Gasteiger partial charge < -0.3 is 9.64 Å². The molecule has 0 spiro atoms.